The number of hydrogen-bond donors (Lipinski definition) is 3. The first-order valence-electron chi connectivity index (χ1n) is 11.9. The normalized spacial score (nSPS) is 22.4. The van der Waals surface area contributed by atoms with Crippen LogP contribution in [0.1, 0.15) is 46.9 Å². The summed E-state index contributed by atoms with van der Waals surface area (Å²) in [6.07, 6.45) is 2.61. The van der Waals surface area contributed by atoms with E-state index in [1.165, 1.54) is 16.9 Å². The summed E-state index contributed by atoms with van der Waals surface area (Å²) >= 11 is 1.35. The predicted molar refractivity (Wildman–Crippen MR) is 136 cm³/mol. The Morgan fingerprint density at radius 1 is 1.24 bits per heavy atom. The number of ether oxygens (including phenoxy) is 1. The number of carbonyl (C=O) groups is 1. The van der Waals surface area contributed by atoms with Crippen LogP contribution in [0.3, 0.4) is 0 Å². The number of anilines is 2. The van der Waals surface area contributed by atoms with Crippen molar-refractivity contribution in [1.82, 2.24) is 15.3 Å². The fraction of sp³-hybridized carbons (Fsp3) is 0.480. The van der Waals surface area contributed by atoms with Gasteiger partial charge in [-0.3, -0.25) is 4.79 Å². The second-order valence-corrected chi connectivity index (χ2v) is 10.6. The number of amides is 1. The molecule has 8 nitrogen and oxygen atoms in total. The molecule has 0 radical (unpaired) electrons. The van der Waals surface area contributed by atoms with E-state index >= 15 is 0 Å². The molecule has 5 N–H and O–H groups in total. The Labute approximate surface area is 203 Å². The Balaban J connectivity index is 1.25. The Bertz CT molecular complexity index is 1230. The van der Waals surface area contributed by atoms with E-state index in [1.54, 1.807) is 0 Å². The largest absolute Gasteiger partial charge is 0.397 e. The van der Waals surface area contributed by atoms with Gasteiger partial charge in [0.05, 0.1) is 23.9 Å². The molecule has 3 aromatic heterocycles. The number of nitrogens with zero attached hydrogens (tertiary/aromatic N) is 3. The number of rotatable bonds is 5. The van der Waals surface area contributed by atoms with Crippen LogP contribution >= 0.6 is 11.3 Å². The molecule has 3 atom stereocenters. The summed E-state index contributed by atoms with van der Waals surface area (Å²) < 4.78 is 5.96. The van der Waals surface area contributed by atoms with Crippen LogP contribution in [0.25, 0.3) is 10.2 Å². The molecule has 0 bridgehead atoms. The summed E-state index contributed by atoms with van der Waals surface area (Å²) in [4.78, 5) is 26.0. The van der Waals surface area contributed by atoms with Crippen molar-refractivity contribution in [3.8, 4) is 0 Å². The van der Waals surface area contributed by atoms with Gasteiger partial charge in [0, 0.05) is 35.9 Å². The van der Waals surface area contributed by atoms with Crippen molar-refractivity contribution in [2.24, 2.45) is 5.73 Å². The van der Waals surface area contributed by atoms with Gasteiger partial charge in [-0.25, -0.2) is 9.97 Å². The molecule has 180 valence electrons. The average Bonchev–Trinajstić information content (AvgIpc) is 3.32. The molecule has 0 aromatic carbocycles. The van der Waals surface area contributed by atoms with E-state index in [-0.39, 0.29) is 30.2 Å². The van der Waals surface area contributed by atoms with Crippen LogP contribution < -0.4 is 21.7 Å². The number of nitrogens with two attached hydrogens (primary N) is 2. The molecule has 34 heavy (non-hydrogen) atoms. The Hall–Kier alpha value is -2.75. The van der Waals surface area contributed by atoms with Gasteiger partial charge < -0.3 is 26.4 Å². The number of nitrogen functional groups attached to an aromatic ring is 1. The lowest BCUT2D eigenvalue weighted by Crippen LogP contribution is -2.39. The number of carbonyl (C=O) groups excluding carboxylic acids is 1. The Morgan fingerprint density at radius 2 is 2.06 bits per heavy atom. The van der Waals surface area contributed by atoms with E-state index < -0.39 is 0 Å². The molecule has 1 fully saturated rings. The van der Waals surface area contributed by atoms with Gasteiger partial charge in [0.25, 0.3) is 5.91 Å². The summed E-state index contributed by atoms with van der Waals surface area (Å²) in [6, 6.07) is 8.09. The van der Waals surface area contributed by atoms with Crippen molar-refractivity contribution in [1.29, 1.82) is 0 Å². The molecular formula is C25H32N6O2S. The number of aromatic nitrogens is 2. The fourth-order valence-electron chi connectivity index (χ4n) is 4.89. The lowest BCUT2D eigenvalue weighted by molar-refractivity contribution is 0.0127. The second-order valence-electron chi connectivity index (χ2n) is 9.63. The maximum Gasteiger partial charge on any atom is 0.263 e. The van der Waals surface area contributed by atoms with Gasteiger partial charge in [-0.1, -0.05) is 6.07 Å². The van der Waals surface area contributed by atoms with Crippen LogP contribution in [0.2, 0.25) is 0 Å². The van der Waals surface area contributed by atoms with Crippen LogP contribution in [-0.4, -0.2) is 53.3 Å². The summed E-state index contributed by atoms with van der Waals surface area (Å²) in [5, 5.41) is 4.03. The molecule has 3 aromatic rings. The van der Waals surface area contributed by atoms with E-state index in [0.29, 0.717) is 10.6 Å². The molecule has 2 aliphatic rings. The standard InChI is InChI=1S/C25H32N6O2S/c1-13(2)33-20-12-31(11-18(20)26)21-9-5-15-10-16(6-8-19(15)30-21)29-24(32)23-22(27)17-7-4-14(3)28-25(17)34-23/h4-5,7,9,13,16,18,20H,6,8,10-12,26-27H2,1-3H3,(H,29,32)/t16-,18-,20-/m0/s1. The third-order valence-corrected chi connectivity index (χ3v) is 7.72. The first-order chi connectivity index (χ1) is 16.3. The van der Waals surface area contributed by atoms with Gasteiger partial charge in [0.15, 0.2) is 0 Å². The minimum Gasteiger partial charge on any atom is -0.397 e. The van der Waals surface area contributed by atoms with E-state index in [4.69, 9.17) is 21.2 Å². The Morgan fingerprint density at radius 3 is 2.85 bits per heavy atom. The van der Waals surface area contributed by atoms with Crippen molar-refractivity contribution in [2.45, 2.75) is 64.3 Å². The molecule has 9 heteroatoms. The summed E-state index contributed by atoms with van der Waals surface area (Å²) in [6.45, 7) is 7.51. The van der Waals surface area contributed by atoms with Crippen LogP contribution in [0.5, 0.6) is 0 Å². The highest BCUT2D eigenvalue weighted by Gasteiger charge is 2.33. The lowest BCUT2D eigenvalue weighted by atomic mass is 9.91. The van der Waals surface area contributed by atoms with E-state index in [2.05, 4.69) is 27.3 Å². The topological polar surface area (TPSA) is 119 Å². The van der Waals surface area contributed by atoms with Crippen LogP contribution in [-0.2, 0) is 17.6 Å². The Kier molecular flexibility index (Phi) is 6.18. The SMILES string of the molecule is Cc1ccc2c(N)c(C(=O)N[C@H]3CCc4nc(N5C[C@H](OC(C)C)[C@@H](N)C5)ccc4C3)sc2n1. The summed E-state index contributed by atoms with van der Waals surface area (Å²) in [7, 11) is 0. The average molecular weight is 481 g/mol. The lowest BCUT2D eigenvalue weighted by Gasteiger charge is -2.26. The fourth-order valence-corrected chi connectivity index (χ4v) is 5.93. The third kappa shape index (κ3) is 4.47. The number of nitrogens with one attached hydrogen (secondary N) is 1. The zero-order valence-electron chi connectivity index (χ0n) is 19.9. The molecule has 0 unspecified atom stereocenters. The minimum atomic E-state index is -0.126. The molecule has 5 rings (SSSR count). The first-order valence-corrected chi connectivity index (χ1v) is 12.7. The van der Waals surface area contributed by atoms with Crippen molar-refractivity contribution in [3.63, 3.8) is 0 Å². The summed E-state index contributed by atoms with van der Waals surface area (Å²) in [5.41, 5.74) is 16.3. The highest BCUT2D eigenvalue weighted by molar-refractivity contribution is 7.21. The maximum atomic E-state index is 13.0. The number of pyridine rings is 2. The van der Waals surface area contributed by atoms with Crippen LogP contribution in [0.4, 0.5) is 11.5 Å². The van der Waals surface area contributed by atoms with Gasteiger partial charge in [-0.2, -0.15) is 0 Å². The van der Waals surface area contributed by atoms with E-state index in [1.807, 2.05) is 32.9 Å². The number of thiophene rings is 1. The molecule has 4 heterocycles. The third-order valence-electron chi connectivity index (χ3n) is 6.60. The molecule has 1 aliphatic carbocycles. The van der Waals surface area contributed by atoms with Crippen LogP contribution in [0, 0.1) is 6.92 Å². The van der Waals surface area contributed by atoms with Gasteiger partial charge in [-0.15, -0.1) is 11.3 Å². The number of aryl methyl sites for hydroxylation is 2. The van der Waals surface area contributed by atoms with Gasteiger partial charge >= 0.3 is 0 Å². The van der Waals surface area contributed by atoms with Crippen molar-refractivity contribution in [3.05, 3.63) is 46.1 Å². The number of hydrogen-bond acceptors (Lipinski definition) is 8. The van der Waals surface area contributed by atoms with E-state index in [0.717, 1.165) is 59.8 Å². The molecular weight excluding hydrogens is 448 g/mol. The van der Waals surface area contributed by atoms with Crippen molar-refractivity contribution >= 4 is 39.0 Å². The zero-order valence-corrected chi connectivity index (χ0v) is 20.7. The van der Waals surface area contributed by atoms with Gasteiger partial charge in [0.2, 0.25) is 0 Å². The molecule has 1 amide bonds. The molecule has 0 spiro atoms. The predicted octanol–water partition coefficient (Wildman–Crippen LogP) is 2.81. The van der Waals surface area contributed by atoms with Gasteiger partial charge in [0.1, 0.15) is 15.5 Å². The first kappa shape index (κ1) is 23.0. The molecule has 0 saturated carbocycles. The second kappa shape index (κ2) is 9.13. The minimum absolute atomic E-state index is 0.0136. The van der Waals surface area contributed by atoms with E-state index in [9.17, 15) is 4.79 Å². The monoisotopic (exact) mass is 480 g/mol. The van der Waals surface area contributed by atoms with Gasteiger partial charge in [-0.05, 0) is 63.8 Å². The smallest absolute Gasteiger partial charge is 0.263 e. The van der Waals surface area contributed by atoms with Crippen molar-refractivity contribution < 1.29 is 9.53 Å². The zero-order chi connectivity index (χ0) is 24.0. The van der Waals surface area contributed by atoms with Crippen LogP contribution in [0.15, 0.2) is 24.3 Å². The number of fused-ring (bicyclic) bond motifs is 2. The summed E-state index contributed by atoms with van der Waals surface area (Å²) in [5.74, 6) is 0.825. The highest BCUT2D eigenvalue weighted by atomic mass is 32.1. The van der Waals surface area contributed by atoms with Crippen molar-refractivity contribution in [2.75, 3.05) is 23.7 Å². The molecule has 1 aliphatic heterocycles. The maximum absolute atomic E-state index is 13.0. The highest BCUT2D eigenvalue weighted by Crippen LogP contribution is 2.33. The molecule has 1 saturated heterocycles. The quantitative estimate of drug-likeness (QED) is 0.514.